The first-order chi connectivity index (χ1) is 8.43. The van der Waals surface area contributed by atoms with E-state index in [1.807, 2.05) is 0 Å². The van der Waals surface area contributed by atoms with E-state index in [0.717, 1.165) is 6.07 Å². The zero-order chi connectivity index (χ0) is 13.3. The van der Waals surface area contributed by atoms with Crippen LogP contribution in [0.4, 0.5) is 17.6 Å². The van der Waals surface area contributed by atoms with Gasteiger partial charge in [-0.1, -0.05) is 0 Å². The molecule has 0 aliphatic heterocycles. The first kappa shape index (κ1) is 12.9. The van der Waals surface area contributed by atoms with E-state index in [2.05, 4.69) is 10.3 Å². The normalized spacial score (nSPS) is 12.3. The Morgan fingerprint density at radius 2 is 2.00 bits per heavy atom. The Bertz CT molecular complexity index is 557. The number of rotatable bonds is 3. The van der Waals surface area contributed by atoms with Crippen LogP contribution in [0.5, 0.6) is 0 Å². The van der Waals surface area contributed by atoms with E-state index in [-0.39, 0.29) is 17.5 Å². The predicted molar refractivity (Wildman–Crippen MR) is 60.9 cm³/mol. The summed E-state index contributed by atoms with van der Waals surface area (Å²) in [5.74, 6) is -0.558. The number of benzene rings is 1. The molecule has 0 amide bonds. The Hall–Kier alpha value is -1.56. The lowest BCUT2D eigenvalue weighted by Crippen LogP contribution is -2.14. The number of aromatic amines is 1. The Labute approximate surface area is 101 Å². The summed E-state index contributed by atoms with van der Waals surface area (Å²) < 4.78 is 51.6. The van der Waals surface area contributed by atoms with Crippen molar-refractivity contribution in [1.82, 2.24) is 10.3 Å². The van der Waals surface area contributed by atoms with Gasteiger partial charge in [0.15, 0.2) is 0 Å². The van der Waals surface area contributed by atoms with Crippen LogP contribution < -0.4 is 5.32 Å². The van der Waals surface area contributed by atoms with Crippen molar-refractivity contribution < 1.29 is 17.6 Å². The highest BCUT2D eigenvalue weighted by Gasteiger charge is 2.36. The van der Waals surface area contributed by atoms with Gasteiger partial charge in [-0.2, -0.15) is 13.2 Å². The lowest BCUT2D eigenvalue weighted by Gasteiger charge is -2.08. The van der Waals surface area contributed by atoms with Crippen LogP contribution in [0.15, 0.2) is 18.2 Å². The zero-order valence-electron chi connectivity index (χ0n) is 9.66. The van der Waals surface area contributed by atoms with Crippen molar-refractivity contribution >= 4 is 10.9 Å². The number of fused-ring (bicyclic) bond motifs is 1. The number of nitrogens with one attached hydrogen (secondary N) is 2. The molecule has 0 aliphatic rings. The summed E-state index contributed by atoms with van der Waals surface area (Å²) in [4.78, 5) is 2.26. The minimum absolute atomic E-state index is 0.173. The van der Waals surface area contributed by atoms with Gasteiger partial charge >= 0.3 is 6.18 Å². The third-order valence-corrected chi connectivity index (χ3v) is 2.78. The van der Waals surface area contributed by atoms with Crippen LogP contribution in [-0.2, 0) is 12.6 Å². The summed E-state index contributed by atoms with van der Waals surface area (Å²) in [6, 6.07) is 3.62. The third-order valence-electron chi connectivity index (χ3n) is 2.78. The zero-order valence-corrected chi connectivity index (χ0v) is 9.66. The lowest BCUT2D eigenvalue weighted by molar-refractivity contribution is -0.141. The molecule has 0 bridgehead atoms. The molecule has 2 aromatic rings. The van der Waals surface area contributed by atoms with Crippen LogP contribution in [-0.4, -0.2) is 18.6 Å². The van der Waals surface area contributed by atoms with Crippen LogP contribution in [0, 0.1) is 5.82 Å². The van der Waals surface area contributed by atoms with Crippen molar-refractivity contribution in [2.75, 3.05) is 13.6 Å². The Morgan fingerprint density at radius 3 is 2.61 bits per heavy atom. The van der Waals surface area contributed by atoms with Gasteiger partial charge in [-0.3, -0.25) is 0 Å². The fraction of sp³-hybridized carbons (Fsp3) is 0.333. The smallest absolute Gasteiger partial charge is 0.351 e. The summed E-state index contributed by atoms with van der Waals surface area (Å²) in [7, 11) is 1.67. The number of halogens is 4. The van der Waals surface area contributed by atoms with Crippen LogP contribution in [0.3, 0.4) is 0 Å². The van der Waals surface area contributed by atoms with Gasteiger partial charge in [0.25, 0.3) is 0 Å². The fourth-order valence-corrected chi connectivity index (χ4v) is 1.98. The van der Waals surface area contributed by atoms with E-state index in [1.165, 1.54) is 12.1 Å². The molecule has 1 aromatic carbocycles. The highest BCUT2D eigenvalue weighted by atomic mass is 19.4. The van der Waals surface area contributed by atoms with Crippen LogP contribution >= 0.6 is 0 Å². The maximum absolute atomic E-state index is 13.0. The summed E-state index contributed by atoms with van der Waals surface area (Å²) in [6.45, 7) is 0.424. The maximum Gasteiger partial charge on any atom is 0.431 e. The number of likely N-dealkylation sites (N-methyl/N-ethyl adjacent to an activating group) is 1. The second kappa shape index (κ2) is 4.61. The predicted octanol–water partition coefficient (Wildman–Crippen LogP) is 3.09. The molecule has 18 heavy (non-hydrogen) atoms. The molecule has 2 nitrogen and oxygen atoms in total. The Kier molecular flexibility index (Phi) is 3.30. The molecule has 0 unspecified atom stereocenters. The van der Waals surface area contributed by atoms with E-state index in [0.29, 0.717) is 11.9 Å². The number of hydrogen-bond acceptors (Lipinski definition) is 1. The topological polar surface area (TPSA) is 27.8 Å². The highest BCUT2D eigenvalue weighted by molar-refractivity contribution is 5.85. The van der Waals surface area contributed by atoms with Gasteiger partial charge in [-0.05, 0) is 43.8 Å². The third kappa shape index (κ3) is 2.33. The van der Waals surface area contributed by atoms with Crippen LogP contribution in [0.25, 0.3) is 10.9 Å². The van der Waals surface area contributed by atoms with Crippen LogP contribution in [0.1, 0.15) is 11.3 Å². The summed E-state index contributed by atoms with van der Waals surface area (Å²) in [5.41, 5.74) is -0.446. The molecule has 1 heterocycles. The summed E-state index contributed by atoms with van der Waals surface area (Å²) >= 11 is 0. The quantitative estimate of drug-likeness (QED) is 0.815. The fourth-order valence-electron chi connectivity index (χ4n) is 1.98. The molecule has 98 valence electrons. The number of H-pyrrole nitrogens is 1. The molecule has 0 aliphatic carbocycles. The molecule has 0 saturated carbocycles. The van der Waals surface area contributed by atoms with E-state index in [1.54, 1.807) is 7.05 Å². The van der Waals surface area contributed by atoms with Crippen molar-refractivity contribution in [1.29, 1.82) is 0 Å². The van der Waals surface area contributed by atoms with Crippen molar-refractivity contribution in [3.63, 3.8) is 0 Å². The maximum atomic E-state index is 13.0. The average Bonchev–Trinajstić information content (AvgIpc) is 2.63. The van der Waals surface area contributed by atoms with Crippen molar-refractivity contribution in [2.24, 2.45) is 0 Å². The van der Waals surface area contributed by atoms with E-state index in [4.69, 9.17) is 0 Å². The highest BCUT2D eigenvalue weighted by Crippen LogP contribution is 2.35. The van der Waals surface area contributed by atoms with Gasteiger partial charge in [0.05, 0.1) is 0 Å². The van der Waals surface area contributed by atoms with Gasteiger partial charge in [-0.15, -0.1) is 0 Å². The van der Waals surface area contributed by atoms with Gasteiger partial charge in [0, 0.05) is 10.9 Å². The molecule has 0 radical (unpaired) electrons. The molecule has 2 N–H and O–H groups in total. The second-order valence-corrected chi connectivity index (χ2v) is 4.02. The molecule has 1 aromatic heterocycles. The van der Waals surface area contributed by atoms with Gasteiger partial charge in [-0.25, -0.2) is 4.39 Å². The van der Waals surface area contributed by atoms with Gasteiger partial charge in [0.2, 0.25) is 0 Å². The molecular weight excluding hydrogens is 248 g/mol. The molecule has 0 saturated heterocycles. The minimum atomic E-state index is -4.46. The average molecular weight is 260 g/mol. The van der Waals surface area contributed by atoms with Gasteiger partial charge < -0.3 is 10.3 Å². The first-order valence-electron chi connectivity index (χ1n) is 5.45. The lowest BCUT2D eigenvalue weighted by atomic mass is 10.1. The summed E-state index contributed by atoms with van der Waals surface area (Å²) in [6.07, 6.45) is -4.23. The number of hydrogen-bond donors (Lipinski definition) is 2. The summed E-state index contributed by atoms with van der Waals surface area (Å²) in [5, 5.41) is 3.22. The second-order valence-electron chi connectivity index (χ2n) is 4.02. The van der Waals surface area contributed by atoms with E-state index in [9.17, 15) is 17.6 Å². The number of alkyl halides is 3. The number of aromatic nitrogens is 1. The first-order valence-corrected chi connectivity index (χ1v) is 5.45. The standard InChI is InChI=1S/C12H12F4N2/c1-17-5-4-9-8-3-2-7(13)6-10(8)18-11(9)12(14,15)16/h2-3,6,17-18H,4-5H2,1H3. The van der Waals surface area contributed by atoms with Gasteiger partial charge in [0.1, 0.15) is 11.5 Å². The molecule has 6 heteroatoms. The molecule has 2 rings (SSSR count). The molecule has 0 fully saturated rings. The van der Waals surface area contributed by atoms with Crippen molar-refractivity contribution in [3.05, 3.63) is 35.3 Å². The van der Waals surface area contributed by atoms with E-state index >= 15 is 0 Å². The van der Waals surface area contributed by atoms with E-state index < -0.39 is 17.7 Å². The molecular formula is C12H12F4N2. The monoisotopic (exact) mass is 260 g/mol. The SMILES string of the molecule is CNCCc1c(C(F)(F)F)[nH]c2cc(F)ccc12. The van der Waals surface area contributed by atoms with Crippen LogP contribution in [0.2, 0.25) is 0 Å². The van der Waals surface area contributed by atoms with Crippen molar-refractivity contribution in [2.45, 2.75) is 12.6 Å². The Balaban J connectivity index is 2.60. The molecule has 0 atom stereocenters. The largest absolute Gasteiger partial charge is 0.431 e. The molecule has 0 spiro atoms. The minimum Gasteiger partial charge on any atom is -0.351 e. The van der Waals surface area contributed by atoms with Crippen molar-refractivity contribution in [3.8, 4) is 0 Å². The Morgan fingerprint density at radius 1 is 1.28 bits per heavy atom.